The molecule has 1 heterocycles. The molecule has 1 aromatic rings. The molecule has 6 heteroatoms. The molecule has 1 rings (SSSR count). The van der Waals surface area contributed by atoms with Gasteiger partial charge in [0.25, 0.3) is 0 Å². The van der Waals surface area contributed by atoms with E-state index in [1.54, 1.807) is 6.07 Å². The van der Waals surface area contributed by atoms with E-state index in [1.165, 1.54) is 0 Å². The van der Waals surface area contributed by atoms with Gasteiger partial charge in [-0.05, 0) is 13.8 Å². The standard InChI is InChI=1S/C13H23N5O/c1-5-15-12(19)8-18(6-2)11-7-10(14)16-13(17-11)9(3)4/h7,9H,5-6,8H2,1-4H3,(H,15,19)(H2,14,16,17). The van der Waals surface area contributed by atoms with Gasteiger partial charge in [0.05, 0.1) is 6.54 Å². The van der Waals surface area contributed by atoms with Crippen molar-refractivity contribution >= 4 is 17.5 Å². The average Bonchev–Trinajstić information content (AvgIpc) is 2.35. The monoisotopic (exact) mass is 265 g/mol. The maximum Gasteiger partial charge on any atom is 0.239 e. The van der Waals surface area contributed by atoms with E-state index in [0.717, 1.165) is 0 Å². The van der Waals surface area contributed by atoms with Crippen molar-refractivity contribution in [3.8, 4) is 0 Å². The molecule has 0 aromatic carbocycles. The number of nitrogens with one attached hydrogen (secondary N) is 1. The summed E-state index contributed by atoms with van der Waals surface area (Å²) < 4.78 is 0. The Bertz CT molecular complexity index is 433. The van der Waals surface area contributed by atoms with Crippen molar-refractivity contribution in [2.45, 2.75) is 33.6 Å². The number of hydrogen-bond donors (Lipinski definition) is 2. The Balaban J connectivity index is 2.94. The van der Waals surface area contributed by atoms with Gasteiger partial charge in [0, 0.05) is 25.1 Å². The Morgan fingerprint density at radius 1 is 1.42 bits per heavy atom. The van der Waals surface area contributed by atoms with E-state index < -0.39 is 0 Å². The molecule has 1 aromatic heterocycles. The van der Waals surface area contributed by atoms with E-state index in [4.69, 9.17) is 5.73 Å². The second kappa shape index (κ2) is 6.92. The summed E-state index contributed by atoms with van der Waals surface area (Å²) in [6.45, 7) is 9.49. The van der Waals surface area contributed by atoms with Crippen LogP contribution in [0.2, 0.25) is 0 Å². The lowest BCUT2D eigenvalue weighted by atomic mass is 10.2. The molecular formula is C13H23N5O. The molecular weight excluding hydrogens is 242 g/mol. The van der Waals surface area contributed by atoms with Crippen molar-refractivity contribution in [3.63, 3.8) is 0 Å². The normalized spacial score (nSPS) is 10.6. The predicted molar refractivity (Wildman–Crippen MR) is 77.1 cm³/mol. The van der Waals surface area contributed by atoms with Crippen LogP contribution in [0.5, 0.6) is 0 Å². The minimum atomic E-state index is -0.0207. The van der Waals surface area contributed by atoms with Crippen LogP contribution in [-0.4, -0.2) is 35.5 Å². The van der Waals surface area contributed by atoms with Crippen LogP contribution in [-0.2, 0) is 4.79 Å². The van der Waals surface area contributed by atoms with Crippen LogP contribution in [0, 0.1) is 0 Å². The van der Waals surface area contributed by atoms with Crippen molar-refractivity contribution in [3.05, 3.63) is 11.9 Å². The smallest absolute Gasteiger partial charge is 0.239 e. The molecule has 19 heavy (non-hydrogen) atoms. The number of anilines is 2. The van der Waals surface area contributed by atoms with E-state index in [0.29, 0.717) is 30.5 Å². The van der Waals surface area contributed by atoms with Gasteiger partial charge in [-0.25, -0.2) is 9.97 Å². The minimum absolute atomic E-state index is 0.0207. The Hall–Kier alpha value is -1.85. The predicted octanol–water partition coefficient (Wildman–Crippen LogP) is 1.14. The summed E-state index contributed by atoms with van der Waals surface area (Å²) in [5, 5.41) is 2.78. The molecule has 3 N–H and O–H groups in total. The third-order valence-corrected chi connectivity index (χ3v) is 2.68. The number of nitrogens with two attached hydrogens (primary N) is 1. The molecule has 0 unspecified atom stereocenters. The van der Waals surface area contributed by atoms with Crippen LogP contribution in [0.3, 0.4) is 0 Å². The number of amides is 1. The highest BCUT2D eigenvalue weighted by Gasteiger charge is 2.14. The molecule has 0 aliphatic carbocycles. The van der Waals surface area contributed by atoms with Crippen LogP contribution in [0.1, 0.15) is 39.4 Å². The summed E-state index contributed by atoms with van der Waals surface area (Å²) in [4.78, 5) is 22.2. The van der Waals surface area contributed by atoms with Gasteiger partial charge in [-0.3, -0.25) is 4.79 Å². The Morgan fingerprint density at radius 3 is 2.63 bits per heavy atom. The van der Waals surface area contributed by atoms with E-state index >= 15 is 0 Å². The number of aromatic nitrogens is 2. The summed E-state index contributed by atoms with van der Waals surface area (Å²) in [7, 11) is 0. The SMILES string of the molecule is CCNC(=O)CN(CC)c1cc(N)nc(C(C)C)n1. The van der Waals surface area contributed by atoms with Crippen LogP contribution >= 0.6 is 0 Å². The molecule has 0 bridgehead atoms. The van der Waals surface area contributed by atoms with Crippen LogP contribution in [0.15, 0.2) is 6.07 Å². The molecule has 0 aliphatic heterocycles. The lowest BCUT2D eigenvalue weighted by Gasteiger charge is -2.22. The molecule has 106 valence electrons. The van der Waals surface area contributed by atoms with E-state index in [1.807, 2.05) is 32.6 Å². The second-order valence-corrected chi connectivity index (χ2v) is 4.63. The fraction of sp³-hybridized carbons (Fsp3) is 0.615. The lowest BCUT2D eigenvalue weighted by molar-refractivity contribution is -0.119. The van der Waals surface area contributed by atoms with Crippen LogP contribution in [0.25, 0.3) is 0 Å². The minimum Gasteiger partial charge on any atom is -0.384 e. The van der Waals surface area contributed by atoms with Crippen molar-refractivity contribution in [1.29, 1.82) is 0 Å². The van der Waals surface area contributed by atoms with Crippen LogP contribution < -0.4 is 16.0 Å². The highest BCUT2D eigenvalue weighted by molar-refractivity contribution is 5.81. The van der Waals surface area contributed by atoms with E-state index in [2.05, 4.69) is 15.3 Å². The molecule has 0 saturated heterocycles. The van der Waals surface area contributed by atoms with Crippen LogP contribution in [0.4, 0.5) is 11.6 Å². The van der Waals surface area contributed by atoms with Gasteiger partial charge in [-0.15, -0.1) is 0 Å². The topological polar surface area (TPSA) is 84.1 Å². The van der Waals surface area contributed by atoms with Gasteiger partial charge in [0.1, 0.15) is 17.5 Å². The first-order valence-electron chi connectivity index (χ1n) is 6.64. The Morgan fingerprint density at radius 2 is 2.11 bits per heavy atom. The molecule has 0 aliphatic rings. The summed E-state index contributed by atoms with van der Waals surface area (Å²) in [5.74, 6) is 2.01. The van der Waals surface area contributed by atoms with Gasteiger partial charge in [-0.2, -0.15) is 0 Å². The number of nitrogens with zero attached hydrogens (tertiary/aromatic N) is 3. The molecule has 0 saturated carbocycles. The summed E-state index contributed by atoms with van der Waals surface area (Å²) in [6, 6.07) is 1.70. The largest absolute Gasteiger partial charge is 0.384 e. The van der Waals surface area contributed by atoms with E-state index in [9.17, 15) is 4.79 Å². The highest BCUT2D eigenvalue weighted by atomic mass is 16.2. The van der Waals surface area contributed by atoms with Gasteiger partial charge >= 0.3 is 0 Å². The number of hydrogen-bond acceptors (Lipinski definition) is 5. The summed E-state index contributed by atoms with van der Waals surface area (Å²) >= 11 is 0. The maximum atomic E-state index is 11.7. The van der Waals surface area contributed by atoms with Crippen molar-refractivity contribution < 1.29 is 4.79 Å². The molecule has 6 nitrogen and oxygen atoms in total. The highest BCUT2D eigenvalue weighted by Crippen LogP contribution is 2.18. The van der Waals surface area contributed by atoms with Crippen molar-refractivity contribution in [2.75, 3.05) is 30.3 Å². The van der Waals surface area contributed by atoms with Crippen molar-refractivity contribution in [1.82, 2.24) is 15.3 Å². The summed E-state index contributed by atoms with van der Waals surface area (Å²) in [6.07, 6.45) is 0. The average molecular weight is 265 g/mol. The zero-order valence-corrected chi connectivity index (χ0v) is 12.1. The summed E-state index contributed by atoms with van der Waals surface area (Å²) in [5.41, 5.74) is 5.80. The Kier molecular flexibility index (Phi) is 5.54. The number of likely N-dealkylation sites (N-methyl/N-ethyl adjacent to an activating group) is 2. The third kappa shape index (κ3) is 4.39. The number of carbonyl (C=O) groups is 1. The first kappa shape index (κ1) is 15.2. The Labute approximate surface area is 114 Å². The first-order valence-corrected chi connectivity index (χ1v) is 6.64. The molecule has 1 amide bonds. The lowest BCUT2D eigenvalue weighted by Crippen LogP contribution is -2.37. The van der Waals surface area contributed by atoms with Gasteiger partial charge < -0.3 is 16.0 Å². The van der Waals surface area contributed by atoms with Gasteiger partial charge in [-0.1, -0.05) is 13.8 Å². The number of nitrogen functional groups attached to an aromatic ring is 1. The molecule has 0 spiro atoms. The third-order valence-electron chi connectivity index (χ3n) is 2.68. The first-order chi connectivity index (χ1) is 8.97. The number of rotatable bonds is 6. The zero-order chi connectivity index (χ0) is 14.4. The van der Waals surface area contributed by atoms with E-state index in [-0.39, 0.29) is 18.4 Å². The number of carbonyl (C=O) groups excluding carboxylic acids is 1. The van der Waals surface area contributed by atoms with Gasteiger partial charge in [0.15, 0.2) is 0 Å². The molecule has 0 radical (unpaired) electrons. The fourth-order valence-corrected chi connectivity index (χ4v) is 1.67. The quantitative estimate of drug-likeness (QED) is 0.806. The second-order valence-electron chi connectivity index (χ2n) is 4.63. The maximum absolute atomic E-state index is 11.7. The molecule has 0 fully saturated rings. The van der Waals surface area contributed by atoms with Gasteiger partial charge in [0.2, 0.25) is 5.91 Å². The zero-order valence-electron chi connectivity index (χ0n) is 12.1. The fourth-order valence-electron chi connectivity index (χ4n) is 1.67. The molecule has 0 atom stereocenters. The van der Waals surface area contributed by atoms with Crippen molar-refractivity contribution in [2.24, 2.45) is 0 Å².